The molecule has 2 aliphatic heterocycles. The van der Waals surface area contributed by atoms with E-state index in [2.05, 4.69) is 19.2 Å². The SMILES string of the molecule is CC1CNCC2C1CC1(OCCO1)C2C. The molecule has 0 aromatic carbocycles. The molecular formula is C12H21NO2. The van der Waals surface area contributed by atoms with Crippen LogP contribution in [-0.2, 0) is 9.47 Å². The summed E-state index contributed by atoms with van der Waals surface area (Å²) in [5.74, 6) is 2.61. The summed E-state index contributed by atoms with van der Waals surface area (Å²) in [6, 6.07) is 0. The fourth-order valence-corrected chi connectivity index (χ4v) is 3.79. The Hall–Kier alpha value is -0.120. The van der Waals surface area contributed by atoms with Crippen LogP contribution in [0.25, 0.3) is 0 Å². The first kappa shape index (κ1) is 10.1. The van der Waals surface area contributed by atoms with Crippen LogP contribution in [0.5, 0.6) is 0 Å². The molecule has 3 nitrogen and oxygen atoms in total. The van der Waals surface area contributed by atoms with Gasteiger partial charge in [0.1, 0.15) is 0 Å². The number of fused-ring (bicyclic) bond motifs is 1. The van der Waals surface area contributed by atoms with Gasteiger partial charge in [0.15, 0.2) is 5.79 Å². The van der Waals surface area contributed by atoms with Crippen molar-refractivity contribution in [3.63, 3.8) is 0 Å². The van der Waals surface area contributed by atoms with Gasteiger partial charge in [-0.15, -0.1) is 0 Å². The quantitative estimate of drug-likeness (QED) is 0.654. The number of nitrogens with one attached hydrogen (secondary N) is 1. The van der Waals surface area contributed by atoms with Crippen molar-refractivity contribution < 1.29 is 9.47 Å². The van der Waals surface area contributed by atoms with Gasteiger partial charge in [0.25, 0.3) is 0 Å². The van der Waals surface area contributed by atoms with Gasteiger partial charge in [0.2, 0.25) is 0 Å². The van der Waals surface area contributed by atoms with Crippen LogP contribution in [-0.4, -0.2) is 32.1 Å². The Morgan fingerprint density at radius 2 is 1.80 bits per heavy atom. The van der Waals surface area contributed by atoms with Gasteiger partial charge >= 0.3 is 0 Å². The highest BCUT2D eigenvalue weighted by molar-refractivity contribution is 5.01. The van der Waals surface area contributed by atoms with Crippen molar-refractivity contribution in [1.82, 2.24) is 5.32 Å². The lowest BCUT2D eigenvalue weighted by atomic mass is 9.79. The zero-order chi connectivity index (χ0) is 10.5. The second-order valence-electron chi connectivity index (χ2n) is 5.46. The Labute approximate surface area is 91.5 Å². The molecule has 1 saturated carbocycles. The van der Waals surface area contributed by atoms with Gasteiger partial charge in [-0.2, -0.15) is 0 Å². The number of hydrogen-bond donors (Lipinski definition) is 1. The van der Waals surface area contributed by atoms with E-state index in [0.29, 0.717) is 5.92 Å². The van der Waals surface area contributed by atoms with Crippen LogP contribution < -0.4 is 5.32 Å². The van der Waals surface area contributed by atoms with Crippen molar-refractivity contribution in [2.24, 2.45) is 23.7 Å². The van der Waals surface area contributed by atoms with E-state index in [1.165, 1.54) is 0 Å². The topological polar surface area (TPSA) is 30.5 Å². The molecule has 0 bridgehead atoms. The third-order valence-electron chi connectivity index (χ3n) is 4.76. The second kappa shape index (κ2) is 3.44. The fourth-order valence-electron chi connectivity index (χ4n) is 3.79. The van der Waals surface area contributed by atoms with Crippen LogP contribution in [0, 0.1) is 23.7 Å². The van der Waals surface area contributed by atoms with E-state index >= 15 is 0 Å². The maximum absolute atomic E-state index is 5.90. The molecule has 3 rings (SSSR count). The van der Waals surface area contributed by atoms with Gasteiger partial charge in [-0.25, -0.2) is 0 Å². The Balaban J connectivity index is 1.85. The number of ether oxygens (including phenoxy) is 2. The lowest BCUT2D eigenvalue weighted by Gasteiger charge is -2.33. The van der Waals surface area contributed by atoms with E-state index < -0.39 is 0 Å². The number of hydrogen-bond acceptors (Lipinski definition) is 3. The normalized spacial score (nSPS) is 48.4. The molecule has 2 saturated heterocycles. The molecule has 15 heavy (non-hydrogen) atoms. The average molecular weight is 211 g/mol. The first-order chi connectivity index (χ1) is 7.23. The first-order valence-corrected chi connectivity index (χ1v) is 6.21. The summed E-state index contributed by atoms with van der Waals surface area (Å²) in [5.41, 5.74) is 0. The molecular weight excluding hydrogens is 190 g/mol. The highest BCUT2D eigenvalue weighted by atomic mass is 16.7. The molecule has 1 spiro atoms. The van der Waals surface area contributed by atoms with Crippen molar-refractivity contribution in [2.75, 3.05) is 26.3 Å². The second-order valence-corrected chi connectivity index (χ2v) is 5.46. The van der Waals surface area contributed by atoms with Crippen LogP contribution in [0.4, 0.5) is 0 Å². The number of piperidine rings is 1. The van der Waals surface area contributed by atoms with Gasteiger partial charge in [0, 0.05) is 12.3 Å². The highest BCUT2D eigenvalue weighted by Gasteiger charge is 2.56. The Morgan fingerprint density at radius 1 is 1.07 bits per heavy atom. The van der Waals surface area contributed by atoms with Crippen LogP contribution in [0.1, 0.15) is 20.3 Å². The van der Waals surface area contributed by atoms with Crippen molar-refractivity contribution >= 4 is 0 Å². The maximum Gasteiger partial charge on any atom is 0.171 e. The van der Waals surface area contributed by atoms with Gasteiger partial charge in [-0.3, -0.25) is 0 Å². The molecule has 0 aromatic heterocycles. The fraction of sp³-hybridized carbons (Fsp3) is 1.00. The van der Waals surface area contributed by atoms with Crippen molar-refractivity contribution in [2.45, 2.75) is 26.1 Å². The summed E-state index contributed by atoms with van der Waals surface area (Å²) in [7, 11) is 0. The van der Waals surface area contributed by atoms with Gasteiger partial charge in [-0.1, -0.05) is 13.8 Å². The third kappa shape index (κ3) is 1.37. The minimum Gasteiger partial charge on any atom is -0.347 e. The largest absolute Gasteiger partial charge is 0.347 e. The first-order valence-electron chi connectivity index (χ1n) is 6.21. The zero-order valence-corrected chi connectivity index (χ0v) is 9.66. The van der Waals surface area contributed by atoms with Crippen LogP contribution in [0.2, 0.25) is 0 Å². The van der Waals surface area contributed by atoms with Gasteiger partial charge in [-0.05, 0) is 30.8 Å². The molecule has 1 N–H and O–H groups in total. The molecule has 0 amide bonds. The summed E-state index contributed by atoms with van der Waals surface area (Å²) in [6.45, 7) is 8.52. The minimum atomic E-state index is -0.227. The monoisotopic (exact) mass is 211 g/mol. The van der Waals surface area contributed by atoms with E-state index in [1.807, 2.05) is 0 Å². The Morgan fingerprint density at radius 3 is 2.47 bits per heavy atom. The molecule has 3 aliphatic rings. The van der Waals surface area contributed by atoms with Crippen molar-refractivity contribution in [1.29, 1.82) is 0 Å². The molecule has 0 radical (unpaired) electrons. The molecule has 3 heteroatoms. The smallest absolute Gasteiger partial charge is 0.171 e. The summed E-state index contributed by atoms with van der Waals surface area (Å²) in [5, 5.41) is 3.53. The molecule has 3 fully saturated rings. The van der Waals surface area contributed by atoms with Crippen LogP contribution in [0.15, 0.2) is 0 Å². The van der Waals surface area contributed by atoms with Crippen LogP contribution >= 0.6 is 0 Å². The summed E-state index contributed by atoms with van der Waals surface area (Å²) in [4.78, 5) is 0. The molecule has 2 heterocycles. The lowest BCUT2D eigenvalue weighted by Crippen LogP contribution is -2.42. The lowest BCUT2D eigenvalue weighted by molar-refractivity contribution is -0.182. The number of rotatable bonds is 0. The van der Waals surface area contributed by atoms with Crippen molar-refractivity contribution in [3.8, 4) is 0 Å². The minimum absolute atomic E-state index is 0.227. The van der Waals surface area contributed by atoms with Crippen LogP contribution in [0.3, 0.4) is 0 Å². The van der Waals surface area contributed by atoms with E-state index in [-0.39, 0.29) is 5.79 Å². The van der Waals surface area contributed by atoms with Crippen molar-refractivity contribution in [3.05, 3.63) is 0 Å². The standard InChI is InChI=1S/C12H21NO2/c1-8-6-13-7-11-9(2)12(5-10(8)11)14-3-4-15-12/h8-11,13H,3-7H2,1-2H3. The Bertz CT molecular complexity index is 248. The highest BCUT2D eigenvalue weighted by Crippen LogP contribution is 2.52. The van der Waals surface area contributed by atoms with Gasteiger partial charge in [0.05, 0.1) is 13.2 Å². The molecule has 86 valence electrons. The molecule has 0 aromatic rings. The van der Waals surface area contributed by atoms with E-state index in [1.54, 1.807) is 0 Å². The maximum atomic E-state index is 5.90. The third-order valence-corrected chi connectivity index (χ3v) is 4.76. The summed E-state index contributed by atoms with van der Waals surface area (Å²) in [6.07, 6.45) is 1.11. The zero-order valence-electron chi connectivity index (χ0n) is 9.66. The predicted octanol–water partition coefficient (Wildman–Crippen LogP) is 1.24. The predicted molar refractivity (Wildman–Crippen MR) is 57.4 cm³/mol. The summed E-state index contributed by atoms with van der Waals surface area (Å²) >= 11 is 0. The van der Waals surface area contributed by atoms with E-state index in [9.17, 15) is 0 Å². The average Bonchev–Trinajstić information content (AvgIpc) is 2.79. The van der Waals surface area contributed by atoms with E-state index in [0.717, 1.165) is 50.5 Å². The molecule has 4 unspecified atom stereocenters. The Kier molecular flexibility index (Phi) is 2.31. The molecule has 4 atom stereocenters. The molecule has 1 aliphatic carbocycles. The summed E-state index contributed by atoms with van der Waals surface area (Å²) < 4.78 is 11.8. The van der Waals surface area contributed by atoms with E-state index in [4.69, 9.17) is 9.47 Å². The van der Waals surface area contributed by atoms with Gasteiger partial charge < -0.3 is 14.8 Å².